The van der Waals surface area contributed by atoms with Crippen LogP contribution in [0.15, 0.2) is 59.1 Å². The quantitative estimate of drug-likeness (QED) is 0.405. The van der Waals surface area contributed by atoms with E-state index in [-0.39, 0.29) is 30.1 Å². The molecule has 0 saturated carbocycles. The summed E-state index contributed by atoms with van der Waals surface area (Å²) in [6, 6.07) is 16.1. The molecule has 0 radical (unpaired) electrons. The summed E-state index contributed by atoms with van der Waals surface area (Å²) in [6.45, 7) is 4.61. The fourth-order valence-electron chi connectivity index (χ4n) is 3.72. The van der Waals surface area contributed by atoms with Crippen LogP contribution in [0.3, 0.4) is 0 Å². The van der Waals surface area contributed by atoms with Crippen LogP contribution in [0, 0.1) is 5.92 Å². The zero-order chi connectivity index (χ0) is 25.0. The van der Waals surface area contributed by atoms with Crippen molar-refractivity contribution in [3.05, 3.63) is 59.1 Å². The molecule has 1 aromatic heterocycles. The summed E-state index contributed by atoms with van der Waals surface area (Å²) in [7, 11) is -3.13. The van der Waals surface area contributed by atoms with Crippen LogP contribution in [-0.4, -0.2) is 48.8 Å². The normalized spacial score (nSPS) is 16.9. The number of rotatable bonds is 9. The first-order valence-electron chi connectivity index (χ1n) is 11.4. The highest BCUT2D eigenvalue weighted by atomic mass is 79.9. The van der Waals surface area contributed by atoms with Gasteiger partial charge in [-0.2, -0.15) is 5.10 Å². The first-order chi connectivity index (χ1) is 16.7. The molecular weight excluding hydrogens is 534 g/mol. The number of carbonyl (C=O) groups is 1. The predicted octanol–water partition coefficient (Wildman–Crippen LogP) is 4.72. The molecule has 4 rings (SSSR count). The SMILES string of the molecule is CC(C)COc1ccc(-c2cc(NC(=O)COc3ccc(Br)cc3)n([C@@H]3CCS(=O)(=O)C3)n2)cc1. The second kappa shape index (κ2) is 10.8. The highest BCUT2D eigenvalue weighted by Crippen LogP contribution is 2.31. The summed E-state index contributed by atoms with van der Waals surface area (Å²) in [5.74, 6) is 1.93. The van der Waals surface area contributed by atoms with Crippen molar-refractivity contribution in [1.82, 2.24) is 9.78 Å². The Morgan fingerprint density at radius 1 is 1.11 bits per heavy atom. The van der Waals surface area contributed by atoms with Crippen molar-refractivity contribution in [2.75, 3.05) is 30.0 Å². The topological polar surface area (TPSA) is 99.5 Å². The van der Waals surface area contributed by atoms with E-state index >= 15 is 0 Å². The van der Waals surface area contributed by atoms with Gasteiger partial charge in [0.05, 0.1) is 29.8 Å². The second-order valence-electron chi connectivity index (χ2n) is 8.94. The monoisotopic (exact) mass is 561 g/mol. The van der Waals surface area contributed by atoms with Crippen LogP contribution in [0.2, 0.25) is 0 Å². The van der Waals surface area contributed by atoms with E-state index in [1.165, 1.54) is 0 Å². The Labute approximate surface area is 213 Å². The van der Waals surface area contributed by atoms with E-state index in [0.717, 1.165) is 15.8 Å². The van der Waals surface area contributed by atoms with Gasteiger partial charge in [-0.15, -0.1) is 0 Å². The van der Waals surface area contributed by atoms with Crippen molar-refractivity contribution in [3.63, 3.8) is 0 Å². The minimum Gasteiger partial charge on any atom is -0.493 e. The molecule has 2 heterocycles. The molecule has 10 heteroatoms. The molecule has 1 fully saturated rings. The number of hydrogen-bond donors (Lipinski definition) is 1. The molecule has 35 heavy (non-hydrogen) atoms. The maximum absolute atomic E-state index is 12.6. The summed E-state index contributed by atoms with van der Waals surface area (Å²) in [6.07, 6.45) is 0.448. The summed E-state index contributed by atoms with van der Waals surface area (Å²) in [5.41, 5.74) is 1.47. The van der Waals surface area contributed by atoms with E-state index < -0.39 is 9.84 Å². The van der Waals surface area contributed by atoms with Crippen LogP contribution in [0.1, 0.15) is 26.3 Å². The maximum Gasteiger partial charge on any atom is 0.263 e. The number of anilines is 1. The number of carbonyl (C=O) groups excluding carboxylic acids is 1. The molecule has 1 aliphatic heterocycles. The van der Waals surface area contributed by atoms with Gasteiger partial charge in [0.25, 0.3) is 5.91 Å². The molecule has 0 unspecified atom stereocenters. The number of aromatic nitrogens is 2. The Morgan fingerprint density at radius 3 is 2.40 bits per heavy atom. The number of nitrogens with one attached hydrogen (secondary N) is 1. The van der Waals surface area contributed by atoms with Gasteiger partial charge < -0.3 is 14.8 Å². The lowest BCUT2D eigenvalue weighted by molar-refractivity contribution is -0.118. The Hall–Kier alpha value is -2.85. The lowest BCUT2D eigenvalue weighted by atomic mass is 10.1. The average molecular weight is 562 g/mol. The summed E-state index contributed by atoms with van der Waals surface area (Å²) in [4.78, 5) is 12.6. The Morgan fingerprint density at radius 2 is 1.77 bits per heavy atom. The number of amides is 1. The fraction of sp³-hybridized carbons (Fsp3) is 0.360. The highest BCUT2D eigenvalue weighted by Gasteiger charge is 2.31. The Kier molecular flexibility index (Phi) is 7.81. The van der Waals surface area contributed by atoms with Crippen molar-refractivity contribution in [2.45, 2.75) is 26.3 Å². The molecular formula is C25H28BrN3O5S. The molecule has 3 aromatic rings. The molecule has 1 amide bonds. The predicted molar refractivity (Wildman–Crippen MR) is 139 cm³/mol. The molecule has 8 nitrogen and oxygen atoms in total. The van der Waals surface area contributed by atoms with Crippen molar-refractivity contribution in [3.8, 4) is 22.8 Å². The smallest absolute Gasteiger partial charge is 0.263 e. The number of hydrogen-bond acceptors (Lipinski definition) is 6. The van der Waals surface area contributed by atoms with Gasteiger partial charge in [0.2, 0.25) is 0 Å². The van der Waals surface area contributed by atoms with E-state index in [1.54, 1.807) is 22.9 Å². The number of sulfone groups is 1. The third-order valence-corrected chi connectivity index (χ3v) is 7.75. The number of halogens is 1. The average Bonchev–Trinajstić information content (AvgIpc) is 3.40. The van der Waals surface area contributed by atoms with Gasteiger partial charge >= 0.3 is 0 Å². The molecule has 0 spiro atoms. The zero-order valence-corrected chi connectivity index (χ0v) is 22.0. The first-order valence-corrected chi connectivity index (χ1v) is 14.0. The van der Waals surface area contributed by atoms with Gasteiger partial charge in [-0.25, -0.2) is 13.1 Å². The van der Waals surface area contributed by atoms with E-state index in [4.69, 9.17) is 9.47 Å². The van der Waals surface area contributed by atoms with Gasteiger partial charge in [-0.05, 0) is 60.9 Å². The molecule has 2 aromatic carbocycles. The van der Waals surface area contributed by atoms with Gasteiger partial charge in [0.15, 0.2) is 16.4 Å². The fourth-order valence-corrected chi connectivity index (χ4v) is 5.68. The molecule has 1 N–H and O–H groups in total. The molecule has 186 valence electrons. The van der Waals surface area contributed by atoms with Crippen LogP contribution in [-0.2, 0) is 14.6 Å². The molecule has 0 aliphatic carbocycles. The zero-order valence-electron chi connectivity index (χ0n) is 19.6. The van der Waals surface area contributed by atoms with Crippen molar-refractivity contribution in [2.24, 2.45) is 5.92 Å². The minimum absolute atomic E-state index is 0.00559. The van der Waals surface area contributed by atoms with Crippen LogP contribution in [0.5, 0.6) is 11.5 Å². The molecule has 1 atom stereocenters. The first kappa shape index (κ1) is 25.2. The van der Waals surface area contributed by atoms with E-state index in [9.17, 15) is 13.2 Å². The van der Waals surface area contributed by atoms with Crippen LogP contribution in [0.25, 0.3) is 11.3 Å². The minimum atomic E-state index is -3.13. The highest BCUT2D eigenvalue weighted by molar-refractivity contribution is 9.10. The van der Waals surface area contributed by atoms with Gasteiger partial charge in [-0.1, -0.05) is 29.8 Å². The van der Waals surface area contributed by atoms with Gasteiger partial charge in [0, 0.05) is 16.1 Å². The summed E-state index contributed by atoms with van der Waals surface area (Å²) < 4.78 is 38.0. The Balaban J connectivity index is 1.52. The summed E-state index contributed by atoms with van der Waals surface area (Å²) >= 11 is 3.36. The number of ether oxygens (including phenoxy) is 2. The van der Waals surface area contributed by atoms with Crippen molar-refractivity contribution in [1.29, 1.82) is 0 Å². The van der Waals surface area contributed by atoms with E-state index in [2.05, 4.69) is 40.2 Å². The maximum atomic E-state index is 12.6. The molecule has 0 bridgehead atoms. The van der Waals surface area contributed by atoms with Gasteiger partial charge in [0.1, 0.15) is 17.3 Å². The third kappa shape index (κ3) is 6.85. The van der Waals surface area contributed by atoms with Crippen LogP contribution in [0.4, 0.5) is 5.82 Å². The lowest BCUT2D eigenvalue weighted by Crippen LogP contribution is -2.23. The molecule has 1 aliphatic rings. The number of benzene rings is 2. The second-order valence-corrected chi connectivity index (χ2v) is 12.1. The third-order valence-electron chi connectivity index (χ3n) is 5.47. The van der Waals surface area contributed by atoms with Crippen molar-refractivity contribution < 1.29 is 22.7 Å². The molecule has 1 saturated heterocycles. The summed E-state index contributed by atoms with van der Waals surface area (Å²) in [5, 5.41) is 7.50. The van der Waals surface area contributed by atoms with Crippen molar-refractivity contribution >= 4 is 37.5 Å². The number of nitrogens with zero attached hydrogens (tertiary/aromatic N) is 2. The lowest BCUT2D eigenvalue weighted by Gasteiger charge is -2.14. The largest absolute Gasteiger partial charge is 0.493 e. The van der Waals surface area contributed by atoms with E-state index in [1.807, 2.05) is 36.4 Å². The standard InChI is InChI=1S/C25H28BrN3O5S/c1-17(2)14-33-21-7-3-18(4-8-21)23-13-24(29(28-23)20-11-12-35(31,32)16-20)27-25(30)15-34-22-9-5-19(26)6-10-22/h3-10,13,17,20H,11-12,14-16H2,1-2H3,(H,27,30)/t20-/m1/s1. The van der Waals surface area contributed by atoms with Gasteiger partial charge in [-0.3, -0.25) is 4.79 Å². The van der Waals surface area contributed by atoms with Crippen LogP contribution < -0.4 is 14.8 Å². The van der Waals surface area contributed by atoms with Crippen LogP contribution >= 0.6 is 15.9 Å². The Bertz CT molecular complexity index is 1270. The van der Waals surface area contributed by atoms with E-state index in [0.29, 0.717) is 36.2 Å².